The van der Waals surface area contributed by atoms with Gasteiger partial charge in [0, 0.05) is 67.3 Å². The lowest BCUT2D eigenvalue weighted by Gasteiger charge is -2.31. The zero-order chi connectivity index (χ0) is 31.1. The lowest BCUT2D eigenvalue weighted by Crippen LogP contribution is -2.46. The van der Waals surface area contributed by atoms with E-state index in [1.165, 1.54) is 40.7 Å². The molecule has 0 bridgehead atoms. The first-order valence-corrected chi connectivity index (χ1v) is 15.8. The Morgan fingerprint density at radius 2 is 1.70 bits per heavy atom. The molecule has 3 heterocycles. The van der Waals surface area contributed by atoms with E-state index >= 15 is 0 Å². The molecule has 0 radical (unpaired) electrons. The van der Waals surface area contributed by atoms with Crippen LogP contribution in [0.15, 0.2) is 71.6 Å². The summed E-state index contributed by atoms with van der Waals surface area (Å²) in [4.78, 5) is 19.0. The molecule has 4 aromatic rings. The Kier molecular flexibility index (Phi) is 7.96. The molecule has 0 aliphatic carbocycles. The van der Waals surface area contributed by atoms with Crippen LogP contribution >= 0.6 is 0 Å². The minimum Gasteiger partial charge on any atom is -0.358 e. The van der Waals surface area contributed by atoms with Crippen molar-refractivity contribution in [2.45, 2.75) is 49.5 Å². The second-order valence-electron chi connectivity index (χ2n) is 11.3. The van der Waals surface area contributed by atoms with Crippen molar-refractivity contribution in [2.75, 3.05) is 19.6 Å². The van der Waals surface area contributed by atoms with Crippen LogP contribution in [-0.2, 0) is 35.7 Å². The van der Waals surface area contributed by atoms with Crippen molar-refractivity contribution in [3.05, 3.63) is 100 Å². The van der Waals surface area contributed by atoms with Crippen LogP contribution in [0.25, 0.3) is 10.9 Å². The Labute approximate surface area is 253 Å². The monoisotopic (exact) mass is 621 g/mol. The van der Waals surface area contributed by atoms with Crippen LogP contribution < -0.4 is 5.32 Å². The van der Waals surface area contributed by atoms with Gasteiger partial charge in [-0.15, -0.1) is 0 Å². The second kappa shape index (κ2) is 11.7. The standard InChI is InChI=1S/C32H30F3N5O3S/c33-32(34,35)24-6-1-22(2-7-24)19-39-14-13-30-28(20-39)27-17-23(5-10-29(27)38-30)31(41)37-25-11-15-40(16-12-25)44(42,43)26-8-3-21(18-36)4-9-26/h1-10,17,25,38H,11-16,19-20H2,(H,37,41). The van der Waals surface area contributed by atoms with Gasteiger partial charge in [-0.05, 0) is 78.6 Å². The number of fused-ring (bicyclic) bond motifs is 3. The number of rotatable bonds is 6. The predicted molar refractivity (Wildman–Crippen MR) is 158 cm³/mol. The van der Waals surface area contributed by atoms with E-state index in [1.807, 2.05) is 18.2 Å². The summed E-state index contributed by atoms with van der Waals surface area (Å²) in [6.07, 6.45) is -2.65. The third-order valence-electron chi connectivity index (χ3n) is 8.41. The molecule has 0 unspecified atom stereocenters. The minimum atomic E-state index is -4.36. The van der Waals surface area contributed by atoms with Gasteiger partial charge < -0.3 is 10.3 Å². The van der Waals surface area contributed by atoms with Gasteiger partial charge in [-0.3, -0.25) is 9.69 Å². The molecule has 1 fully saturated rings. The Hall–Kier alpha value is -4.18. The van der Waals surface area contributed by atoms with Crippen LogP contribution in [0.4, 0.5) is 13.2 Å². The third-order valence-corrected chi connectivity index (χ3v) is 10.3. The molecule has 228 valence electrons. The molecule has 1 aromatic heterocycles. The molecule has 0 spiro atoms. The summed E-state index contributed by atoms with van der Waals surface area (Å²) < 4.78 is 66.3. The average molecular weight is 622 g/mol. The number of hydrogen-bond acceptors (Lipinski definition) is 5. The zero-order valence-electron chi connectivity index (χ0n) is 23.7. The summed E-state index contributed by atoms with van der Waals surface area (Å²) in [6.45, 7) is 2.42. The number of nitrogens with zero attached hydrogens (tertiary/aromatic N) is 3. The number of aromatic amines is 1. The molecule has 1 saturated heterocycles. The van der Waals surface area contributed by atoms with Crippen LogP contribution in [0.1, 0.15) is 51.1 Å². The molecule has 0 saturated carbocycles. The summed E-state index contributed by atoms with van der Waals surface area (Å²) in [7, 11) is -3.69. The van der Waals surface area contributed by atoms with Crippen molar-refractivity contribution in [3.8, 4) is 6.07 Å². The Bertz CT molecular complexity index is 1840. The molecule has 12 heteroatoms. The first-order valence-electron chi connectivity index (χ1n) is 14.3. The maximum Gasteiger partial charge on any atom is 0.416 e. The molecule has 44 heavy (non-hydrogen) atoms. The van der Waals surface area contributed by atoms with Gasteiger partial charge in [0.15, 0.2) is 0 Å². The average Bonchev–Trinajstić information content (AvgIpc) is 3.38. The number of benzene rings is 3. The minimum absolute atomic E-state index is 0.139. The van der Waals surface area contributed by atoms with Gasteiger partial charge in [0.05, 0.1) is 22.1 Å². The highest BCUT2D eigenvalue weighted by atomic mass is 32.2. The van der Waals surface area contributed by atoms with Gasteiger partial charge in [-0.1, -0.05) is 12.1 Å². The predicted octanol–water partition coefficient (Wildman–Crippen LogP) is 5.20. The Balaban J connectivity index is 1.09. The summed E-state index contributed by atoms with van der Waals surface area (Å²) in [5, 5.41) is 13.0. The summed E-state index contributed by atoms with van der Waals surface area (Å²) in [6, 6.07) is 18.4. The first kappa shape index (κ1) is 29.9. The number of aromatic nitrogens is 1. The van der Waals surface area contributed by atoms with E-state index in [1.54, 1.807) is 6.07 Å². The smallest absolute Gasteiger partial charge is 0.358 e. The lowest BCUT2D eigenvalue weighted by atomic mass is 10.0. The van der Waals surface area contributed by atoms with Gasteiger partial charge in [0.25, 0.3) is 5.91 Å². The second-order valence-corrected chi connectivity index (χ2v) is 13.2. The van der Waals surface area contributed by atoms with Crippen LogP contribution in [0.3, 0.4) is 0 Å². The van der Waals surface area contributed by atoms with Crippen LogP contribution in [0, 0.1) is 11.3 Å². The number of carbonyl (C=O) groups excluding carboxylic acids is 1. The van der Waals surface area contributed by atoms with Crippen molar-refractivity contribution >= 4 is 26.8 Å². The maximum atomic E-state index is 13.2. The maximum absolute atomic E-state index is 13.2. The normalized spacial score (nSPS) is 16.9. The number of nitriles is 1. The fraction of sp³-hybridized carbons (Fsp3) is 0.312. The fourth-order valence-corrected chi connectivity index (χ4v) is 7.43. The quantitative estimate of drug-likeness (QED) is 0.308. The van der Waals surface area contributed by atoms with E-state index in [-0.39, 0.29) is 29.9 Å². The highest BCUT2D eigenvalue weighted by molar-refractivity contribution is 7.89. The third kappa shape index (κ3) is 6.08. The van der Waals surface area contributed by atoms with Gasteiger partial charge in [0.2, 0.25) is 10.0 Å². The molecule has 2 aliphatic heterocycles. The number of carbonyl (C=O) groups is 1. The van der Waals surface area contributed by atoms with Crippen molar-refractivity contribution < 1.29 is 26.4 Å². The topological polar surface area (TPSA) is 109 Å². The van der Waals surface area contributed by atoms with E-state index in [9.17, 15) is 26.4 Å². The molecule has 2 N–H and O–H groups in total. The molecule has 3 aromatic carbocycles. The number of H-pyrrole nitrogens is 1. The zero-order valence-corrected chi connectivity index (χ0v) is 24.5. The number of nitrogens with one attached hydrogen (secondary N) is 2. The number of halogens is 3. The van der Waals surface area contributed by atoms with E-state index in [4.69, 9.17) is 5.26 Å². The van der Waals surface area contributed by atoms with Gasteiger partial charge in [0.1, 0.15) is 0 Å². The van der Waals surface area contributed by atoms with Crippen LogP contribution in [0.2, 0.25) is 0 Å². The van der Waals surface area contributed by atoms with Crippen molar-refractivity contribution in [1.29, 1.82) is 5.26 Å². The first-order chi connectivity index (χ1) is 21.0. The van der Waals surface area contributed by atoms with Crippen molar-refractivity contribution in [2.24, 2.45) is 0 Å². The summed E-state index contributed by atoms with van der Waals surface area (Å²) in [5.41, 5.74) is 4.13. The van der Waals surface area contributed by atoms with E-state index in [2.05, 4.69) is 15.2 Å². The largest absolute Gasteiger partial charge is 0.416 e. The molecule has 1 amide bonds. The highest BCUT2D eigenvalue weighted by Crippen LogP contribution is 2.31. The number of amides is 1. The SMILES string of the molecule is N#Cc1ccc(S(=O)(=O)N2CCC(NC(=O)c3ccc4[nH]c5c(c4c3)CN(Cc3ccc(C(F)(F)F)cc3)CC5)CC2)cc1. The lowest BCUT2D eigenvalue weighted by molar-refractivity contribution is -0.137. The molecule has 0 atom stereocenters. The van der Waals surface area contributed by atoms with Crippen molar-refractivity contribution in [1.82, 2.24) is 19.5 Å². The molecule has 8 nitrogen and oxygen atoms in total. The summed E-state index contributed by atoms with van der Waals surface area (Å²) in [5.74, 6) is -0.229. The fourth-order valence-electron chi connectivity index (χ4n) is 5.96. The van der Waals surface area contributed by atoms with Crippen LogP contribution in [-0.4, -0.2) is 54.2 Å². The van der Waals surface area contributed by atoms with E-state index < -0.39 is 21.8 Å². The molecule has 2 aliphatic rings. The highest BCUT2D eigenvalue weighted by Gasteiger charge is 2.31. The van der Waals surface area contributed by atoms with Gasteiger partial charge in [-0.25, -0.2) is 8.42 Å². The van der Waals surface area contributed by atoms with Gasteiger partial charge >= 0.3 is 6.18 Å². The number of piperidine rings is 1. The van der Waals surface area contributed by atoms with E-state index in [0.717, 1.165) is 52.8 Å². The number of alkyl halides is 3. The molecular weight excluding hydrogens is 591 g/mol. The number of sulfonamides is 1. The summed E-state index contributed by atoms with van der Waals surface area (Å²) >= 11 is 0. The Morgan fingerprint density at radius 3 is 2.36 bits per heavy atom. The van der Waals surface area contributed by atoms with E-state index in [0.29, 0.717) is 37.1 Å². The van der Waals surface area contributed by atoms with Gasteiger partial charge in [-0.2, -0.15) is 22.7 Å². The molecular formula is C32H30F3N5O3S. The Morgan fingerprint density at radius 1 is 1.00 bits per heavy atom. The molecule has 6 rings (SSSR count). The van der Waals surface area contributed by atoms with Crippen LogP contribution in [0.5, 0.6) is 0 Å². The van der Waals surface area contributed by atoms with Crippen molar-refractivity contribution in [3.63, 3.8) is 0 Å². The number of hydrogen-bond donors (Lipinski definition) is 2.